The fraction of sp³-hybridized carbons (Fsp3) is 0.400. The molecule has 3 heterocycles. The Morgan fingerprint density at radius 1 is 1.11 bits per heavy atom. The number of thiophene rings is 1. The number of piperazine rings is 1. The highest BCUT2D eigenvalue weighted by Crippen LogP contribution is 2.40. The monoisotopic (exact) mass is 402 g/mol. The molecule has 0 unspecified atom stereocenters. The van der Waals surface area contributed by atoms with Gasteiger partial charge in [-0.1, -0.05) is 23.8 Å². The number of hydrogen-bond acceptors (Lipinski definition) is 6. The predicted molar refractivity (Wildman–Crippen MR) is 113 cm³/mol. The van der Waals surface area contributed by atoms with Gasteiger partial charge in [-0.25, -0.2) is 4.98 Å². The van der Waals surface area contributed by atoms with Crippen LogP contribution in [0.25, 0.3) is 21.3 Å². The normalized spacial score (nSPS) is 15.6. The number of aryl methyl sites for hydroxylation is 2. The van der Waals surface area contributed by atoms with Crippen molar-refractivity contribution in [3.8, 4) is 11.1 Å². The Balaban J connectivity index is 1.78. The average molecular weight is 403 g/mol. The fourth-order valence-corrected chi connectivity index (χ4v) is 4.91. The van der Waals surface area contributed by atoms with Crippen molar-refractivity contribution in [1.29, 1.82) is 0 Å². The lowest BCUT2D eigenvalue weighted by atomic mass is 9.99. The molecule has 0 atom stereocenters. The molecule has 5 nitrogen and oxygen atoms in total. The van der Waals surface area contributed by atoms with Crippen LogP contribution in [0, 0.1) is 13.8 Å². The molecule has 1 aromatic carbocycles. The van der Waals surface area contributed by atoms with Crippen LogP contribution in [0.4, 0.5) is 5.82 Å². The van der Waals surface area contributed by atoms with Crippen molar-refractivity contribution in [2.45, 2.75) is 13.8 Å². The summed E-state index contributed by atoms with van der Waals surface area (Å²) in [5.41, 5.74) is 4.91. The zero-order chi connectivity index (χ0) is 19.0. The third-order valence-electron chi connectivity index (χ3n) is 5.15. The van der Waals surface area contributed by atoms with Gasteiger partial charge in [0.25, 0.3) is 0 Å². The van der Waals surface area contributed by atoms with Gasteiger partial charge in [0.1, 0.15) is 10.6 Å². The van der Waals surface area contributed by atoms with Crippen molar-refractivity contribution >= 4 is 39.0 Å². The smallest absolute Gasteiger partial charge is 0.225 e. The molecule has 0 saturated carbocycles. The van der Waals surface area contributed by atoms with Gasteiger partial charge in [-0.3, -0.25) is 4.90 Å². The van der Waals surface area contributed by atoms with Gasteiger partial charge in [-0.2, -0.15) is 4.98 Å². The van der Waals surface area contributed by atoms with Gasteiger partial charge < -0.3 is 10.0 Å². The van der Waals surface area contributed by atoms with E-state index in [-0.39, 0.29) is 6.61 Å². The van der Waals surface area contributed by atoms with E-state index in [9.17, 15) is 0 Å². The van der Waals surface area contributed by atoms with Crippen LogP contribution in [0.2, 0.25) is 5.28 Å². The maximum absolute atomic E-state index is 9.17. The molecule has 1 fully saturated rings. The van der Waals surface area contributed by atoms with Crippen LogP contribution >= 0.6 is 22.9 Å². The van der Waals surface area contributed by atoms with E-state index < -0.39 is 0 Å². The molecule has 0 radical (unpaired) electrons. The molecule has 2 aromatic heterocycles. The first kappa shape index (κ1) is 18.6. The highest BCUT2D eigenvalue weighted by Gasteiger charge is 2.23. The minimum absolute atomic E-state index is 0.199. The Bertz CT molecular complexity index is 966. The first-order valence-electron chi connectivity index (χ1n) is 9.17. The Hall–Kier alpha value is -1.73. The quantitative estimate of drug-likeness (QED) is 0.673. The third kappa shape index (κ3) is 3.67. The topological polar surface area (TPSA) is 52.5 Å². The highest BCUT2D eigenvalue weighted by molar-refractivity contribution is 7.17. The summed E-state index contributed by atoms with van der Waals surface area (Å²) in [4.78, 5) is 14.6. The number of halogens is 1. The average Bonchev–Trinajstić information content (AvgIpc) is 3.05. The Kier molecular flexibility index (Phi) is 5.32. The number of β-amino-alcohol motifs (C(OH)–C–C–N with tert-alkyl or cyclic N) is 1. The molecule has 3 aromatic rings. The van der Waals surface area contributed by atoms with Gasteiger partial charge in [0.15, 0.2) is 0 Å². The second-order valence-corrected chi connectivity index (χ2v) is 8.21. The SMILES string of the molecule is Cc1ccc(-c2csc3nc(Cl)nc(N4CCN(CCO)CC4)c23)c(C)c1. The molecule has 1 saturated heterocycles. The highest BCUT2D eigenvalue weighted by atomic mass is 35.5. The summed E-state index contributed by atoms with van der Waals surface area (Å²) < 4.78 is 0. The van der Waals surface area contributed by atoms with Crippen molar-refractivity contribution in [2.24, 2.45) is 0 Å². The molecule has 142 valence electrons. The van der Waals surface area contributed by atoms with E-state index in [1.807, 2.05) is 0 Å². The predicted octanol–water partition coefficient (Wildman–Crippen LogP) is 3.74. The molecule has 1 N–H and O–H groups in total. The van der Waals surface area contributed by atoms with Crippen molar-refractivity contribution in [2.75, 3.05) is 44.2 Å². The summed E-state index contributed by atoms with van der Waals surface area (Å²) in [7, 11) is 0. The van der Waals surface area contributed by atoms with Crippen LogP contribution in [0.15, 0.2) is 23.6 Å². The maximum atomic E-state index is 9.17. The van der Waals surface area contributed by atoms with Gasteiger partial charge in [0, 0.05) is 43.7 Å². The van der Waals surface area contributed by atoms with E-state index in [4.69, 9.17) is 16.7 Å². The van der Waals surface area contributed by atoms with Gasteiger partial charge in [-0.15, -0.1) is 11.3 Å². The number of hydrogen-bond donors (Lipinski definition) is 1. The van der Waals surface area contributed by atoms with Crippen LogP contribution in [-0.2, 0) is 0 Å². The van der Waals surface area contributed by atoms with Crippen molar-refractivity contribution in [1.82, 2.24) is 14.9 Å². The van der Waals surface area contributed by atoms with Crippen molar-refractivity contribution in [3.05, 3.63) is 40.0 Å². The second-order valence-electron chi connectivity index (χ2n) is 7.02. The largest absolute Gasteiger partial charge is 0.395 e. The molecular weight excluding hydrogens is 380 g/mol. The molecule has 4 rings (SSSR count). The molecule has 1 aliphatic heterocycles. The summed E-state index contributed by atoms with van der Waals surface area (Å²) in [5, 5.41) is 12.7. The zero-order valence-electron chi connectivity index (χ0n) is 15.6. The third-order valence-corrected chi connectivity index (χ3v) is 6.19. The number of aliphatic hydroxyl groups is 1. The van der Waals surface area contributed by atoms with Crippen LogP contribution in [0.5, 0.6) is 0 Å². The number of fused-ring (bicyclic) bond motifs is 1. The van der Waals surface area contributed by atoms with Crippen LogP contribution in [-0.4, -0.2) is 59.3 Å². The summed E-state index contributed by atoms with van der Waals surface area (Å²) in [6.07, 6.45) is 0. The molecule has 0 aliphatic carbocycles. The van der Waals surface area contributed by atoms with E-state index in [0.29, 0.717) is 5.28 Å². The molecule has 27 heavy (non-hydrogen) atoms. The van der Waals surface area contributed by atoms with Crippen LogP contribution in [0.1, 0.15) is 11.1 Å². The van der Waals surface area contributed by atoms with E-state index >= 15 is 0 Å². The van der Waals surface area contributed by atoms with E-state index in [0.717, 1.165) is 48.8 Å². The summed E-state index contributed by atoms with van der Waals surface area (Å²) in [6.45, 7) is 8.73. The number of anilines is 1. The van der Waals surface area contributed by atoms with Crippen molar-refractivity contribution in [3.63, 3.8) is 0 Å². The number of rotatable bonds is 4. The lowest BCUT2D eigenvalue weighted by Crippen LogP contribution is -2.47. The van der Waals surface area contributed by atoms with E-state index in [1.54, 1.807) is 11.3 Å². The lowest BCUT2D eigenvalue weighted by Gasteiger charge is -2.35. The van der Waals surface area contributed by atoms with Gasteiger partial charge in [-0.05, 0) is 36.6 Å². The maximum Gasteiger partial charge on any atom is 0.225 e. The van der Waals surface area contributed by atoms with E-state index in [1.165, 1.54) is 22.3 Å². The summed E-state index contributed by atoms with van der Waals surface area (Å²) in [5.74, 6) is 0.921. The first-order chi connectivity index (χ1) is 13.1. The minimum Gasteiger partial charge on any atom is -0.395 e. The number of nitrogens with zero attached hydrogens (tertiary/aromatic N) is 4. The minimum atomic E-state index is 0.199. The molecule has 1 aliphatic rings. The molecule has 0 amide bonds. The van der Waals surface area contributed by atoms with E-state index in [2.05, 4.69) is 57.2 Å². The fourth-order valence-electron chi connectivity index (χ4n) is 3.77. The Morgan fingerprint density at radius 3 is 2.59 bits per heavy atom. The molecule has 0 spiro atoms. The molecular formula is C20H23ClN4OS. The number of aliphatic hydroxyl groups excluding tert-OH is 1. The second kappa shape index (κ2) is 7.72. The van der Waals surface area contributed by atoms with Gasteiger partial charge in [0.2, 0.25) is 5.28 Å². The molecule has 7 heteroatoms. The van der Waals surface area contributed by atoms with Crippen LogP contribution in [0.3, 0.4) is 0 Å². The zero-order valence-corrected chi connectivity index (χ0v) is 17.1. The number of aromatic nitrogens is 2. The molecule has 0 bridgehead atoms. The van der Waals surface area contributed by atoms with Gasteiger partial charge in [0.05, 0.1) is 12.0 Å². The Labute approximate surface area is 168 Å². The Morgan fingerprint density at radius 2 is 1.89 bits per heavy atom. The number of benzene rings is 1. The lowest BCUT2D eigenvalue weighted by molar-refractivity contribution is 0.188. The summed E-state index contributed by atoms with van der Waals surface area (Å²) >= 11 is 7.86. The summed E-state index contributed by atoms with van der Waals surface area (Å²) in [6, 6.07) is 6.54. The van der Waals surface area contributed by atoms with Gasteiger partial charge >= 0.3 is 0 Å². The standard InChI is InChI=1S/C20H23ClN4OS/c1-13-3-4-15(14(2)11-13)16-12-27-19-17(16)18(22-20(21)23-19)25-7-5-24(6-8-25)9-10-26/h3-4,11-12,26H,5-10H2,1-2H3. The van der Waals surface area contributed by atoms with Crippen molar-refractivity contribution < 1.29 is 5.11 Å². The first-order valence-corrected chi connectivity index (χ1v) is 10.4. The van der Waals surface area contributed by atoms with Crippen LogP contribution < -0.4 is 4.90 Å².